The second kappa shape index (κ2) is 4.25. The van der Waals surface area contributed by atoms with E-state index < -0.39 is 17.2 Å². The van der Waals surface area contributed by atoms with E-state index in [-0.39, 0.29) is 16.5 Å². The van der Waals surface area contributed by atoms with Crippen LogP contribution in [0.4, 0.5) is 8.78 Å². The van der Waals surface area contributed by atoms with Gasteiger partial charge in [0.1, 0.15) is 0 Å². The van der Waals surface area contributed by atoms with Gasteiger partial charge < -0.3 is 10.3 Å². The van der Waals surface area contributed by atoms with E-state index in [1.54, 1.807) is 0 Å². The van der Waals surface area contributed by atoms with Crippen LogP contribution < -0.4 is 5.73 Å². The lowest BCUT2D eigenvalue weighted by Crippen LogP contribution is -2.44. The van der Waals surface area contributed by atoms with Gasteiger partial charge in [0.05, 0.1) is 16.1 Å². The van der Waals surface area contributed by atoms with E-state index in [0.717, 1.165) is 31.4 Å². The normalized spacial score (nSPS) is 17.3. The van der Waals surface area contributed by atoms with Crippen LogP contribution in [0.15, 0.2) is 16.7 Å². The molecule has 3 rings (SSSR count). The van der Waals surface area contributed by atoms with Crippen molar-refractivity contribution in [3.8, 4) is 11.5 Å². The molecule has 0 radical (unpaired) electrons. The van der Waals surface area contributed by atoms with Crippen LogP contribution in [0, 0.1) is 11.6 Å². The fourth-order valence-electron chi connectivity index (χ4n) is 2.00. The van der Waals surface area contributed by atoms with Gasteiger partial charge in [0.25, 0.3) is 5.89 Å². The Morgan fingerprint density at radius 3 is 2.58 bits per heavy atom. The molecule has 1 saturated carbocycles. The second-order valence-corrected chi connectivity index (χ2v) is 5.09. The van der Waals surface area contributed by atoms with Gasteiger partial charge in [0.2, 0.25) is 0 Å². The Morgan fingerprint density at radius 1 is 1.26 bits per heavy atom. The largest absolute Gasteiger partial charge is 0.334 e. The first-order valence-corrected chi connectivity index (χ1v) is 6.15. The first-order valence-electron chi connectivity index (χ1n) is 5.77. The molecule has 0 atom stereocenters. The van der Waals surface area contributed by atoms with Gasteiger partial charge in [0.15, 0.2) is 17.5 Å². The van der Waals surface area contributed by atoms with E-state index in [2.05, 4.69) is 10.1 Å². The lowest BCUT2D eigenvalue weighted by molar-refractivity contribution is 0.229. The highest BCUT2D eigenvalue weighted by atomic mass is 35.5. The minimum atomic E-state index is -1.03. The van der Waals surface area contributed by atoms with E-state index >= 15 is 0 Å². The van der Waals surface area contributed by atoms with Crippen molar-refractivity contribution in [1.82, 2.24) is 10.1 Å². The SMILES string of the molecule is NC1(c2noc(-c3cc(F)c(F)cc3Cl)n2)CCC1. The summed E-state index contributed by atoms with van der Waals surface area (Å²) in [7, 11) is 0. The minimum absolute atomic E-state index is 0.00813. The molecule has 19 heavy (non-hydrogen) atoms. The highest BCUT2D eigenvalue weighted by Crippen LogP contribution is 2.38. The van der Waals surface area contributed by atoms with Gasteiger partial charge in [-0.1, -0.05) is 16.8 Å². The molecule has 0 bridgehead atoms. The van der Waals surface area contributed by atoms with Crippen molar-refractivity contribution < 1.29 is 13.3 Å². The molecule has 0 aliphatic heterocycles. The average molecular weight is 286 g/mol. The predicted molar refractivity (Wildman–Crippen MR) is 64.4 cm³/mol. The highest BCUT2D eigenvalue weighted by molar-refractivity contribution is 6.33. The van der Waals surface area contributed by atoms with Crippen LogP contribution in [-0.2, 0) is 5.54 Å². The van der Waals surface area contributed by atoms with Crippen LogP contribution in [0.5, 0.6) is 0 Å². The van der Waals surface area contributed by atoms with Gasteiger partial charge in [-0.2, -0.15) is 4.98 Å². The Balaban J connectivity index is 2.01. The van der Waals surface area contributed by atoms with Crippen molar-refractivity contribution in [1.29, 1.82) is 0 Å². The number of nitrogens with zero attached hydrogens (tertiary/aromatic N) is 2. The molecule has 7 heteroatoms. The Morgan fingerprint density at radius 2 is 1.95 bits per heavy atom. The van der Waals surface area contributed by atoms with Crippen molar-refractivity contribution in [3.05, 3.63) is 34.6 Å². The van der Waals surface area contributed by atoms with E-state index in [4.69, 9.17) is 21.9 Å². The molecule has 0 amide bonds. The summed E-state index contributed by atoms with van der Waals surface area (Å²) in [6.45, 7) is 0. The van der Waals surface area contributed by atoms with E-state index in [1.165, 1.54) is 0 Å². The molecular weight excluding hydrogens is 276 g/mol. The molecule has 1 aromatic heterocycles. The quantitative estimate of drug-likeness (QED) is 0.862. The Bertz CT molecular complexity index is 640. The maximum atomic E-state index is 13.2. The number of benzene rings is 1. The third-order valence-corrected chi connectivity index (χ3v) is 3.67. The summed E-state index contributed by atoms with van der Waals surface area (Å²) in [5.74, 6) is -1.64. The smallest absolute Gasteiger partial charge is 0.259 e. The van der Waals surface area contributed by atoms with Crippen LogP contribution in [0.2, 0.25) is 5.02 Å². The summed E-state index contributed by atoms with van der Waals surface area (Å²) in [5, 5.41) is 3.80. The Hall–Kier alpha value is -1.53. The number of hydrogen-bond acceptors (Lipinski definition) is 4. The average Bonchev–Trinajstić information content (AvgIpc) is 2.80. The fourth-order valence-corrected chi connectivity index (χ4v) is 2.23. The molecule has 1 heterocycles. The summed E-state index contributed by atoms with van der Waals surface area (Å²) >= 11 is 5.84. The van der Waals surface area contributed by atoms with Crippen LogP contribution in [0.1, 0.15) is 25.1 Å². The number of hydrogen-bond donors (Lipinski definition) is 1. The number of halogens is 3. The van der Waals surface area contributed by atoms with E-state index in [1.807, 2.05) is 0 Å². The van der Waals surface area contributed by atoms with Gasteiger partial charge in [-0.3, -0.25) is 0 Å². The fraction of sp³-hybridized carbons (Fsp3) is 0.333. The van der Waals surface area contributed by atoms with Crippen molar-refractivity contribution >= 4 is 11.6 Å². The van der Waals surface area contributed by atoms with Gasteiger partial charge in [-0.25, -0.2) is 8.78 Å². The highest BCUT2D eigenvalue weighted by Gasteiger charge is 2.39. The maximum Gasteiger partial charge on any atom is 0.259 e. The topological polar surface area (TPSA) is 64.9 Å². The third-order valence-electron chi connectivity index (χ3n) is 3.36. The van der Waals surface area contributed by atoms with Crippen LogP contribution in [0.25, 0.3) is 11.5 Å². The van der Waals surface area contributed by atoms with Crippen LogP contribution in [-0.4, -0.2) is 10.1 Å². The lowest BCUT2D eigenvalue weighted by Gasteiger charge is -2.34. The molecule has 0 saturated heterocycles. The van der Waals surface area contributed by atoms with Crippen molar-refractivity contribution in [2.45, 2.75) is 24.8 Å². The first kappa shape index (κ1) is 12.5. The van der Waals surface area contributed by atoms with E-state index in [9.17, 15) is 8.78 Å². The molecule has 0 spiro atoms. The summed E-state index contributed by atoms with van der Waals surface area (Å²) in [6, 6.07) is 1.80. The molecule has 1 aromatic carbocycles. The standard InChI is InChI=1S/C12H10ClF2N3O/c13-7-5-9(15)8(14)4-6(7)10-17-11(18-19-10)12(16)2-1-3-12/h4-5H,1-3,16H2. The van der Waals surface area contributed by atoms with Gasteiger partial charge in [-0.05, 0) is 31.4 Å². The predicted octanol–water partition coefficient (Wildman–Crippen LogP) is 3.01. The number of nitrogens with two attached hydrogens (primary N) is 1. The van der Waals surface area contributed by atoms with Crippen LogP contribution >= 0.6 is 11.6 Å². The Labute approximate surface area is 112 Å². The molecular formula is C12H10ClF2N3O. The molecule has 0 unspecified atom stereocenters. The molecule has 1 fully saturated rings. The molecule has 1 aliphatic carbocycles. The zero-order chi connectivity index (χ0) is 13.6. The second-order valence-electron chi connectivity index (χ2n) is 4.68. The maximum absolute atomic E-state index is 13.2. The van der Waals surface area contributed by atoms with Crippen molar-refractivity contribution in [2.24, 2.45) is 5.73 Å². The third kappa shape index (κ3) is 2.01. The monoisotopic (exact) mass is 285 g/mol. The van der Waals surface area contributed by atoms with Gasteiger partial charge in [0, 0.05) is 0 Å². The minimum Gasteiger partial charge on any atom is -0.334 e. The summed E-state index contributed by atoms with van der Waals surface area (Å²) in [4.78, 5) is 4.13. The molecule has 2 aromatic rings. The number of aromatic nitrogens is 2. The zero-order valence-electron chi connectivity index (χ0n) is 9.79. The molecule has 4 nitrogen and oxygen atoms in total. The molecule has 2 N–H and O–H groups in total. The summed E-state index contributed by atoms with van der Waals surface area (Å²) < 4.78 is 31.2. The summed E-state index contributed by atoms with van der Waals surface area (Å²) in [5.41, 5.74) is 5.63. The summed E-state index contributed by atoms with van der Waals surface area (Å²) in [6.07, 6.45) is 2.56. The van der Waals surface area contributed by atoms with Gasteiger partial charge >= 0.3 is 0 Å². The van der Waals surface area contributed by atoms with E-state index in [0.29, 0.717) is 5.82 Å². The lowest BCUT2D eigenvalue weighted by atomic mass is 9.77. The number of rotatable bonds is 2. The first-order chi connectivity index (χ1) is 8.99. The van der Waals surface area contributed by atoms with Crippen LogP contribution in [0.3, 0.4) is 0 Å². The van der Waals surface area contributed by atoms with Crippen molar-refractivity contribution in [2.75, 3.05) is 0 Å². The van der Waals surface area contributed by atoms with Crippen molar-refractivity contribution in [3.63, 3.8) is 0 Å². The molecule has 1 aliphatic rings. The zero-order valence-corrected chi connectivity index (χ0v) is 10.5. The molecule has 100 valence electrons. The Kier molecular flexibility index (Phi) is 2.79. The van der Waals surface area contributed by atoms with Gasteiger partial charge in [-0.15, -0.1) is 0 Å².